The molecule has 1 aromatic heterocycles. The van der Waals surface area contributed by atoms with E-state index in [-0.39, 0.29) is 11.5 Å². The molecule has 0 bridgehead atoms. The number of aromatic amines is 1. The van der Waals surface area contributed by atoms with E-state index in [0.717, 1.165) is 19.5 Å². The fourth-order valence-corrected chi connectivity index (χ4v) is 2.17. The lowest BCUT2D eigenvalue weighted by Gasteiger charge is -2.35. The van der Waals surface area contributed by atoms with Crippen LogP contribution in [0.2, 0.25) is 0 Å². The lowest BCUT2D eigenvalue weighted by atomic mass is 9.88. The molecule has 1 aliphatic heterocycles. The maximum Gasteiger partial charge on any atom is 0.255 e. The number of nitrogens with one attached hydrogen (secondary N) is 1. The van der Waals surface area contributed by atoms with Crippen LogP contribution in [-0.4, -0.2) is 28.9 Å². The van der Waals surface area contributed by atoms with E-state index >= 15 is 0 Å². The highest BCUT2D eigenvalue weighted by molar-refractivity contribution is 5.93. The van der Waals surface area contributed by atoms with E-state index in [9.17, 15) is 9.59 Å². The van der Waals surface area contributed by atoms with Gasteiger partial charge in [-0.2, -0.15) is 0 Å². The number of H-pyrrole nitrogens is 1. The Labute approximate surface area is 101 Å². The van der Waals surface area contributed by atoms with Crippen molar-refractivity contribution in [2.45, 2.75) is 20.3 Å². The first-order valence-corrected chi connectivity index (χ1v) is 6.06. The van der Waals surface area contributed by atoms with Gasteiger partial charge in [0.05, 0.1) is 5.56 Å². The zero-order valence-electron chi connectivity index (χ0n) is 10.3. The number of nitrogens with zero attached hydrogens (tertiary/aromatic N) is 1. The summed E-state index contributed by atoms with van der Waals surface area (Å²) in [6, 6.07) is 2.98. The number of pyridine rings is 1. The number of piperidine rings is 1. The lowest BCUT2D eigenvalue weighted by Crippen LogP contribution is -2.42. The molecule has 1 fully saturated rings. The average Bonchev–Trinajstić information content (AvgIpc) is 2.33. The smallest absolute Gasteiger partial charge is 0.255 e. The minimum atomic E-state index is -0.179. The van der Waals surface area contributed by atoms with Gasteiger partial charge >= 0.3 is 0 Å². The second kappa shape index (κ2) is 4.73. The van der Waals surface area contributed by atoms with E-state index in [4.69, 9.17) is 0 Å². The van der Waals surface area contributed by atoms with E-state index in [1.807, 2.05) is 4.90 Å². The number of amides is 1. The van der Waals surface area contributed by atoms with E-state index in [2.05, 4.69) is 18.8 Å². The van der Waals surface area contributed by atoms with Crippen molar-refractivity contribution in [3.8, 4) is 0 Å². The molecule has 4 nitrogen and oxygen atoms in total. The molecule has 0 aromatic carbocycles. The van der Waals surface area contributed by atoms with Gasteiger partial charge in [-0.1, -0.05) is 13.8 Å². The molecule has 1 aromatic rings. The molecule has 2 rings (SSSR count). The van der Waals surface area contributed by atoms with Crippen molar-refractivity contribution < 1.29 is 4.79 Å². The summed E-state index contributed by atoms with van der Waals surface area (Å²) in [6.45, 7) is 6.02. The third kappa shape index (κ3) is 2.57. The van der Waals surface area contributed by atoms with Crippen molar-refractivity contribution in [2.75, 3.05) is 13.1 Å². The van der Waals surface area contributed by atoms with Crippen LogP contribution in [0.3, 0.4) is 0 Å². The summed E-state index contributed by atoms with van der Waals surface area (Å²) in [7, 11) is 0. The van der Waals surface area contributed by atoms with Gasteiger partial charge in [0.2, 0.25) is 5.56 Å². The van der Waals surface area contributed by atoms with Gasteiger partial charge in [0.15, 0.2) is 0 Å². The Morgan fingerprint density at radius 1 is 1.35 bits per heavy atom. The Morgan fingerprint density at radius 3 is 2.71 bits per heavy atom. The van der Waals surface area contributed by atoms with Crippen LogP contribution >= 0.6 is 0 Å². The van der Waals surface area contributed by atoms with Crippen molar-refractivity contribution in [3.63, 3.8) is 0 Å². The molecular formula is C13H18N2O2. The minimum Gasteiger partial charge on any atom is -0.338 e. The van der Waals surface area contributed by atoms with Gasteiger partial charge in [-0.15, -0.1) is 0 Å². The molecule has 4 heteroatoms. The van der Waals surface area contributed by atoms with Gasteiger partial charge in [-0.3, -0.25) is 9.59 Å². The highest BCUT2D eigenvalue weighted by Crippen LogP contribution is 2.23. The topological polar surface area (TPSA) is 53.2 Å². The molecule has 2 unspecified atom stereocenters. The van der Waals surface area contributed by atoms with Crippen LogP contribution in [-0.2, 0) is 0 Å². The van der Waals surface area contributed by atoms with Crippen LogP contribution in [0, 0.1) is 11.8 Å². The Balaban J connectivity index is 2.10. The number of rotatable bonds is 1. The predicted octanol–water partition coefficient (Wildman–Crippen LogP) is 1.49. The molecule has 1 amide bonds. The van der Waals surface area contributed by atoms with Gasteiger partial charge in [-0.05, 0) is 24.3 Å². The molecular weight excluding hydrogens is 216 g/mol. The Morgan fingerprint density at radius 2 is 2.12 bits per heavy atom. The molecule has 0 aliphatic carbocycles. The molecule has 92 valence electrons. The number of likely N-dealkylation sites (tertiary alicyclic amines) is 1. The molecule has 0 saturated carbocycles. The van der Waals surface area contributed by atoms with Crippen molar-refractivity contribution in [1.29, 1.82) is 0 Å². The maximum absolute atomic E-state index is 12.2. The summed E-state index contributed by atoms with van der Waals surface area (Å²) in [5.41, 5.74) is 0.383. The Bertz CT molecular complexity index is 446. The molecule has 1 aliphatic rings. The minimum absolute atomic E-state index is 0.0139. The van der Waals surface area contributed by atoms with Gasteiger partial charge in [-0.25, -0.2) is 0 Å². The third-order valence-electron chi connectivity index (χ3n) is 3.65. The highest BCUT2D eigenvalue weighted by atomic mass is 16.2. The zero-order chi connectivity index (χ0) is 12.4. The fraction of sp³-hybridized carbons (Fsp3) is 0.538. The average molecular weight is 234 g/mol. The predicted molar refractivity (Wildman–Crippen MR) is 65.9 cm³/mol. The van der Waals surface area contributed by atoms with Gasteiger partial charge < -0.3 is 9.88 Å². The largest absolute Gasteiger partial charge is 0.338 e. The van der Waals surface area contributed by atoms with Crippen LogP contribution in [0.25, 0.3) is 0 Å². The number of carbonyl (C=O) groups excluding carboxylic acids is 1. The summed E-state index contributed by atoms with van der Waals surface area (Å²) in [6.07, 6.45) is 2.55. The third-order valence-corrected chi connectivity index (χ3v) is 3.65. The van der Waals surface area contributed by atoms with Gasteiger partial charge in [0.1, 0.15) is 0 Å². The number of aromatic nitrogens is 1. The van der Waals surface area contributed by atoms with Crippen LogP contribution in [0.15, 0.2) is 23.1 Å². The molecule has 2 heterocycles. The summed E-state index contributed by atoms with van der Waals surface area (Å²) < 4.78 is 0. The normalized spacial score (nSPS) is 24.7. The van der Waals surface area contributed by atoms with Crippen LogP contribution in [0.1, 0.15) is 30.6 Å². The van der Waals surface area contributed by atoms with Crippen LogP contribution in [0.4, 0.5) is 0 Å². The van der Waals surface area contributed by atoms with E-state index in [1.54, 1.807) is 6.07 Å². The molecule has 1 saturated heterocycles. The summed E-state index contributed by atoms with van der Waals surface area (Å²) in [5, 5.41) is 0. The number of carbonyl (C=O) groups is 1. The van der Waals surface area contributed by atoms with Crippen LogP contribution in [0.5, 0.6) is 0 Å². The van der Waals surface area contributed by atoms with Crippen molar-refractivity contribution in [2.24, 2.45) is 11.8 Å². The molecule has 17 heavy (non-hydrogen) atoms. The molecule has 0 spiro atoms. The highest BCUT2D eigenvalue weighted by Gasteiger charge is 2.26. The number of hydrogen-bond acceptors (Lipinski definition) is 2. The van der Waals surface area contributed by atoms with Crippen LogP contribution < -0.4 is 5.56 Å². The van der Waals surface area contributed by atoms with Crippen molar-refractivity contribution in [1.82, 2.24) is 9.88 Å². The van der Waals surface area contributed by atoms with E-state index < -0.39 is 0 Å². The molecule has 0 radical (unpaired) electrons. The van der Waals surface area contributed by atoms with Crippen molar-refractivity contribution in [3.05, 3.63) is 34.2 Å². The fourth-order valence-electron chi connectivity index (χ4n) is 2.17. The first-order chi connectivity index (χ1) is 8.08. The summed E-state index contributed by atoms with van der Waals surface area (Å²) in [5.74, 6) is 1.23. The molecule has 2 atom stereocenters. The standard InChI is InChI=1S/C13H18N2O2/c1-9-5-6-15(8-10(9)2)13(17)11-3-4-12(16)14-7-11/h3-4,7,9-10H,5-6,8H2,1-2H3,(H,14,16). The first kappa shape index (κ1) is 11.9. The zero-order valence-corrected chi connectivity index (χ0v) is 10.3. The van der Waals surface area contributed by atoms with Crippen molar-refractivity contribution >= 4 is 5.91 Å². The SMILES string of the molecule is CC1CCN(C(=O)c2ccc(=O)[nH]c2)CC1C. The monoisotopic (exact) mass is 234 g/mol. The lowest BCUT2D eigenvalue weighted by molar-refractivity contribution is 0.0627. The Kier molecular flexibility index (Phi) is 3.31. The molecule has 1 N–H and O–H groups in total. The van der Waals surface area contributed by atoms with Gasteiger partial charge in [0, 0.05) is 25.4 Å². The second-order valence-corrected chi connectivity index (χ2v) is 4.94. The quantitative estimate of drug-likeness (QED) is 0.800. The Hall–Kier alpha value is -1.58. The summed E-state index contributed by atoms with van der Waals surface area (Å²) in [4.78, 5) is 27.5. The van der Waals surface area contributed by atoms with Gasteiger partial charge in [0.25, 0.3) is 5.91 Å². The summed E-state index contributed by atoms with van der Waals surface area (Å²) >= 11 is 0. The first-order valence-electron chi connectivity index (χ1n) is 6.06. The maximum atomic E-state index is 12.2. The van der Waals surface area contributed by atoms with E-state index in [1.165, 1.54) is 12.3 Å². The number of hydrogen-bond donors (Lipinski definition) is 1. The second-order valence-electron chi connectivity index (χ2n) is 4.94. The van der Waals surface area contributed by atoms with E-state index in [0.29, 0.717) is 17.4 Å².